The maximum atomic E-state index is 14.3. The molecular weight excluding hydrogens is 847 g/mol. The lowest BCUT2D eigenvalue weighted by molar-refractivity contribution is -0.384. The van der Waals surface area contributed by atoms with Gasteiger partial charge in [-0.3, -0.25) is 30.0 Å². The molecular formula is C46H48F6N6O6. The second-order valence-electron chi connectivity index (χ2n) is 16.6. The molecule has 18 heteroatoms. The summed E-state index contributed by atoms with van der Waals surface area (Å²) >= 11 is 0. The second kappa shape index (κ2) is 18.7. The number of nitro benzene ring substituents is 2. The van der Waals surface area contributed by atoms with Crippen molar-refractivity contribution in [3.8, 4) is 0 Å². The summed E-state index contributed by atoms with van der Waals surface area (Å²) in [5.74, 6) is 0. The van der Waals surface area contributed by atoms with Crippen molar-refractivity contribution in [1.82, 2.24) is 18.9 Å². The summed E-state index contributed by atoms with van der Waals surface area (Å²) in [7, 11) is 0. The van der Waals surface area contributed by atoms with Crippen molar-refractivity contribution in [2.24, 2.45) is 0 Å². The van der Waals surface area contributed by atoms with Gasteiger partial charge in [0.25, 0.3) is 11.4 Å². The zero-order valence-corrected chi connectivity index (χ0v) is 34.8. The highest BCUT2D eigenvalue weighted by molar-refractivity contribution is 5.88. The Labute approximate surface area is 364 Å². The molecule has 64 heavy (non-hydrogen) atoms. The van der Waals surface area contributed by atoms with E-state index in [4.69, 9.17) is 0 Å². The van der Waals surface area contributed by atoms with Gasteiger partial charge in [0.2, 0.25) is 11.2 Å². The van der Waals surface area contributed by atoms with Gasteiger partial charge < -0.3 is 19.3 Å². The summed E-state index contributed by atoms with van der Waals surface area (Å²) in [6, 6.07) is 25.7. The van der Waals surface area contributed by atoms with Gasteiger partial charge in [0.1, 0.15) is 0 Å². The number of halogens is 6. The molecule has 2 N–H and O–H groups in total. The van der Waals surface area contributed by atoms with Gasteiger partial charge in [-0.15, -0.1) is 0 Å². The van der Waals surface area contributed by atoms with E-state index in [1.165, 1.54) is 48.8 Å². The summed E-state index contributed by atoms with van der Waals surface area (Å²) in [5.41, 5.74) is -4.98. The van der Waals surface area contributed by atoms with E-state index in [0.717, 1.165) is 49.7 Å². The molecule has 2 fully saturated rings. The van der Waals surface area contributed by atoms with Gasteiger partial charge in [0, 0.05) is 84.7 Å². The minimum atomic E-state index is -4.92. The van der Waals surface area contributed by atoms with E-state index in [0.29, 0.717) is 26.2 Å². The molecule has 8 rings (SSSR count). The molecule has 0 amide bonds. The van der Waals surface area contributed by atoms with Crippen molar-refractivity contribution in [1.29, 1.82) is 0 Å². The number of piperidine rings is 2. The lowest BCUT2D eigenvalue weighted by Crippen LogP contribution is -2.52. The normalized spacial score (nSPS) is 17.4. The number of aromatic nitrogens is 2. The topological polar surface area (TPSA) is 143 Å². The second-order valence-corrected chi connectivity index (χ2v) is 16.6. The van der Waals surface area contributed by atoms with Crippen molar-refractivity contribution in [2.45, 2.75) is 75.2 Å². The highest BCUT2D eigenvalue weighted by atomic mass is 19.4. The number of aliphatic hydroxyl groups is 2. The summed E-state index contributed by atoms with van der Waals surface area (Å²) in [6.45, 7) is 1.26. The maximum absolute atomic E-state index is 14.3. The Morgan fingerprint density at radius 3 is 1.17 bits per heavy atom. The van der Waals surface area contributed by atoms with Gasteiger partial charge in [-0.1, -0.05) is 73.5 Å². The molecule has 2 aromatic heterocycles. The van der Waals surface area contributed by atoms with Gasteiger partial charge >= 0.3 is 12.4 Å². The highest BCUT2D eigenvalue weighted by Crippen LogP contribution is 2.46. The van der Waals surface area contributed by atoms with Crippen LogP contribution >= 0.6 is 0 Å². The Morgan fingerprint density at radius 1 is 0.516 bits per heavy atom. The monoisotopic (exact) mass is 894 g/mol. The summed E-state index contributed by atoms with van der Waals surface area (Å²) < 4.78 is 89.0. The van der Waals surface area contributed by atoms with Crippen molar-refractivity contribution >= 4 is 33.2 Å². The van der Waals surface area contributed by atoms with Crippen molar-refractivity contribution in [3.63, 3.8) is 0 Å². The SMILES string of the molecule is O=[N+]([O-])c1ccc2c(C(O)(CN3CCCCC3)C(F)(F)F)cn(Cc3ccccc3)c2c1.O=[N+]([O-])c1ccc2c(C(O)(CN3CCCCC3)C(F)(F)F)cn(Cc3ccccc3)c2c1. The van der Waals surface area contributed by atoms with E-state index >= 15 is 0 Å². The number of nitrogens with zero attached hydrogens (tertiary/aromatic N) is 6. The number of rotatable bonds is 12. The Kier molecular flexibility index (Phi) is 13.5. The maximum Gasteiger partial charge on any atom is 0.422 e. The standard InChI is InChI=1S/2C23H24F3N3O3/c2*24-23(25,26)22(30,16-27-11-5-2-6-12-27)20-15-28(14-17-7-3-1-4-8-17)21-13-18(29(31)32)9-10-19(20)21/h2*1,3-4,7-10,13,15,30H,2,5-6,11-12,14,16H2. The highest BCUT2D eigenvalue weighted by Gasteiger charge is 2.58. The number of fused-ring (bicyclic) bond motifs is 2. The number of hydrogen-bond donors (Lipinski definition) is 2. The molecule has 2 atom stereocenters. The van der Waals surface area contributed by atoms with Crippen molar-refractivity contribution in [2.75, 3.05) is 39.3 Å². The first-order valence-corrected chi connectivity index (χ1v) is 21.0. The number of nitro groups is 2. The number of β-amino-alcohol motifs (C(OH)–C–C–N with tert-alkyl or cyclic N) is 2. The first-order valence-electron chi connectivity index (χ1n) is 21.0. The van der Waals surface area contributed by atoms with E-state index < -0.39 is 46.5 Å². The summed E-state index contributed by atoms with van der Waals surface area (Å²) in [5, 5.41) is 45.1. The molecule has 340 valence electrons. The molecule has 2 saturated heterocycles. The van der Waals surface area contributed by atoms with Gasteiger partial charge in [0.15, 0.2) is 0 Å². The lowest BCUT2D eigenvalue weighted by Gasteiger charge is -2.37. The Bertz CT molecular complexity index is 2390. The van der Waals surface area contributed by atoms with Gasteiger partial charge in [-0.25, -0.2) is 0 Å². The van der Waals surface area contributed by atoms with Gasteiger partial charge in [-0.2, -0.15) is 26.3 Å². The molecule has 0 aliphatic carbocycles. The van der Waals surface area contributed by atoms with Crippen LogP contribution in [0.3, 0.4) is 0 Å². The third-order valence-corrected chi connectivity index (χ3v) is 12.2. The lowest BCUT2D eigenvalue weighted by atomic mass is 9.91. The van der Waals surface area contributed by atoms with E-state index in [9.17, 15) is 56.8 Å². The number of likely N-dealkylation sites (tertiary alicyclic amines) is 2. The predicted molar refractivity (Wildman–Crippen MR) is 229 cm³/mol. The van der Waals surface area contributed by atoms with E-state index in [-0.39, 0.29) is 57.4 Å². The molecule has 2 unspecified atom stereocenters. The van der Waals surface area contributed by atoms with Crippen LogP contribution in [0.2, 0.25) is 0 Å². The first-order chi connectivity index (χ1) is 30.4. The van der Waals surface area contributed by atoms with E-state index in [1.54, 1.807) is 18.9 Å². The molecule has 0 radical (unpaired) electrons. The predicted octanol–water partition coefficient (Wildman–Crippen LogP) is 9.67. The third kappa shape index (κ3) is 9.79. The van der Waals surface area contributed by atoms with Crippen LogP contribution in [0.15, 0.2) is 109 Å². The summed E-state index contributed by atoms with van der Waals surface area (Å²) in [4.78, 5) is 24.7. The van der Waals surface area contributed by atoms with E-state index in [2.05, 4.69) is 0 Å². The smallest absolute Gasteiger partial charge is 0.375 e. The average molecular weight is 895 g/mol. The third-order valence-electron chi connectivity index (χ3n) is 12.2. The Balaban J connectivity index is 0.000000191. The van der Waals surface area contributed by atoms with Crippen LogP contribution < -0.4 is 0 Å². The molecule has 12 nitrogen and oxygen atoms in total. The summed E-state index contributed by atoms with van der Waals surface area (Å²) in [6.07, 6.45) is -2.19. The zero-order chi connectivity index (χ0) is 45.9. The van der Waals surface area contributed by atoms with Crippen LogP contribution in [0.4, 0.5) is 37.7 Å². The van der Waals surface area contributed by atoms with Crippen LogP contribution in [0.1, 0.15) is 60.8 Å². The Hall–Kier alpha value is -5.82. The van der Waals surface area contributed by atoms with Crippen LogP contribution in [0.25, 0.3) is 21.8 Å². The van der Waals surface area contributed by atoms with Crippen LogP contribution in [0, 0.1) is 20.2 Å². The van der Waals surface area contributed by atoms with E-state index in [1.807, 2.05) is 60.7 Å². The number of hydrogen-bond acceptors (Lipinski definition) is 8. The zero-order valence-electron chi connectivity index (χ0n) is 34.8. The fourth-order valence-electron chi connectivity index (χ4n) is 8.81. The largest absolute Gasteiger partial charge is 0.422 e. The molecule has 0 saturated carbocycles. The number of non-ortho nitro benzene ring substituents is 2. The van der Waals surface area contributed by atoms with Crippen molar-refractivity contribution < 1.29 is 46.4 Å². The number of alkyl halides is 6. The first kappa shape index (κ1) is 46.2. The Morgan fingerprint density at radius 2 is 0.859 bits per heavy atom. The molecule has 4 heterocycles. The molecule has 0 spiro atoms. The van der Waals surface area contributed by atoms with Crippen LogP contribution in [-0.2, 0) is 24.3 Å². The quantitative estimate of drug-likeness (QED) is 0.0703. The molecule has 6 aromatic rings. The van der Waals surface area contributed by atoms with Gasteiger partial charge in [0.05, 0.1) is 20.9 Å². The molecule has 0 bridgehead atoms. The molecule has 2 aliphatic heterocycles. The molecule has 2 aliphatic rings. The fraction of sp³-hybridized carbons (Fsp3) is 0.391. The van der Waals surface area contributed by atoms with Crippen molar-refractivity contribution in [3.05, 3.63) is 152 Å². The minimum absolute atomic E-state index is 0.156. The van der Waals surface area contributed by atoms with Crippen LogP contribution in [-0.4, -0.2) is 90.6 Å². The fourth-order valence-corrected chi connectivity index (χ4v) is 8.81. The minimum Gasteiger partial charge on any atom is -0.375 e. The number of benzene rings is 4. The van der Waals surface area contributed by atoms with Gasteiger partial charge in [-0.05, 0) is 75.1 Å². The average Bonchev–Trinajstić information content (AvgIpc) is 3.82. The van der Waals surface area contributed by atoms with Crippen LogP contribution in [0.5, 0.6) is 0 Å². The molecule has 4 aromatic carbocycles.